The van der Waals surface area contributed by atoms with Gasteiger partial charge in [0.2, 0.25) is 4.80 Å². The van der Waals surface area contributed by atoms with Crippen molar-refractivity contribution in [1.29, 1.82) is 0 Å². The summed E-state index contributed by atoms with van der Waals surface area (Å²) < 4.78 is 7.38. The molecule has 3 aromatic carbocycles. The number of para-hydroxylation sites is 2. The van der Waals surface area contributed by atoms with Crippen LogP contribution in [0.15, 0.2) is 94.3 Å². The lowest BCUT2D eigenvalue weighted by molar-refractivity contribution is -0.112. The minimum atomic E-state index is -0.138. The van der Waals surface area contributed by atoms with E-state index in [0.717, 1.165) is 39.5 Å². The Kier molecular flexibility index (Phi) is 6.10. The maximum atomic E-state index is 13.1. The Bertz CT molecular complexity index is 1440. The molecule has 1 aliphatic rings. The Balaban J connectivity index is 1.63. The molecular weight excluding hydrogens is 444 g/mol. The van der Waals surface area contributed by atoms with Crippen molar-refractivity contribution in [2.45, 2.75) is 6.42 Å². The SMILES string of the molecule is COc1ccccc1-c1csc(=NCCc2ccccc2)n1N=C1C(=O)N(C)c2ccccc21. The first-order valence-corrected chi connectivity index (χ1v) is 11.9. The van der Waals surface area contributed by atoms with E-state index in [2.05, 4.69) is 12.1 Å². The van der Waals surface area contributed by atoms with Crippen LogP contribution in [0, 0.1) is 0 Å². The van der Waals surface area contributed by atoms with Gasteiger partial charge < -0.3 is 9.64 Å². The third-order valence-corrected chi connectivity index (χ3v) is 6.64. The zero-order chi connectivity index (χ0) is 23.5. The molecular formula is C27H24N4O2S. The van der Waals surface area contributed by atoms with Crippen LogP contribution in [-0.4, -0.2) is 37.0 Å². The maximum absolute atomic E-state index is 13.1. The Hall–Kier alpha value is -3.97. The summed E-state index contributed by atoms with van der Waals surface area (Å²) in [5.41, 5.74) is 5.01. The van der Waals surface area contributed by atoms with Crippen molar-refractivity contribution in [3.05, 3.63) is 100 Å². The van der Waals surface area contributed by atoms with Gasteiger partial charge in [0.1, 0.15) is 5.75 Å². The van der Waals surface area contributed by atoms with Gasteiger partial charge in [-0.15, -0.1) is 11.3 Å². The van der Waals surface area contributed by atoms with Gasteiger partial charge in [0.15, 0.2) is 5.71 Å². The number of ether oxygens (including phenoxy) is 1. The molecule has 0 aliphatic carbocycles. The molecule has 2 heterocycles. The Morgan fingerprint density at radius 3 is 2.41 bits per heavy atom. The average Bonchev–Trinajstić information content (AvgIpc) is 3.39. The van der Waals surface area contributed by atoms with Crippen LogP contribution in [0.1, 0.15) is 11.1 Å². The molecule has 1 aromatic heterocycles. The lowest BCUT2D eigenvalue weighted by Crippen LogP contribution is -2.27. The number of likely N-dealkylation sites (N-methyl/N-ethyl adjacent to an activating group) is 1. The summed E-state index contributed by atoms with van der Waals surface area (Å²) in [6.07, 6.45) is 0.823. The predicted molar refractivity (Wildman–Crippen MR) is 137 cm³/mol. The Morgan fingerprint density at radius 1 is 0.912 bits per heavy atom. The zero-order valence-corrected chi connectivity index (χ0v) is 19.8. The van der Waals surface area contributed by atoms with Crippen molar-refractivity contribution in [1.82, 2.24) is 4.68 Å². The minimum Gasteiger partial charge on any atom is -0.496 e. The van der Waals surface area contributed by atoms with Crippen LogP contribution in [0.3, 0.4) is 0 Å². The highest BCUT2D eigenvalue weighted by molar-refractivity contribution is 7.07. The van der Waals surface area contributed by atoms with Gasteiger partial charge in [-0.25, -0.2) is 4.68 Å². The van der Waals surface area contributed by atoms with Gasteiger partial charge in [-0.05, 0) is 30.2 Å². The molecule has 0 N–H and O–H groups in total. The summed E-state index contributed by atoms with van der Waals surface area (Å²) in [6, 6.07) is 25.8. The normalized spacial score (nSPS) is 14.6. The first-order valence-electron chi connectivity index (χ1n) is 11.0. The second kappa shape index (κ2) is 9.49. The van der Waals surface area contributed by atoms with E-state index in [1.165, 1.54) is 16.9 Å². The molecule has 1 amide bonds. The monoisotopic (exact) mass is 468 g/mol. The summed E-state index contributed by atoms with van der Waals surface area (Å²) in [7, 11) is 3.42. The van der Waals surface area contributed by atoms with Crippen molar-refractivity contribution < 1.29 is 9.53 Å². The molecule has 1 aliphatic heterocycles. The van der Waals surface area contributed by atoms with Crippen LogP contribution in [-0.2, 0) is 11.2 Å². The molecule has 4 aromatic rings. The Labute approximate surface area is 202 Å². The standard InChI is InChI=1S/C27H24N4O2S/c1-30-22-14-8-6-13-21(22)25(26(30)32)29-31-23(20-12-7-9-15-24(20)33-2)18-34-27(31)28-17-16-19-10-4-3-5-11-19/h3-15,18H,16-17H2,1-2H3. The van der Waals surface area contributed by atoms with Crippen LogP contribution >= 0.6 is 11.3 Å². The number of hydrogen-bond donors (Lipinski definition) is 0. The first kappa shape index (κ1) is 21.9. The van der Waals surface area contributed by atoms with Crippen molar-refractivity contribution in [2.75, 3.05) is 25.6 Å². The number of thiazole rings is 1. The van der Waals surface area contributed by atoms with Crippen LogP contribution in [0.2, 0.25) is 0 Å². The number of rotatable bonds is 6. The summed E-state index contributed by atoms with van der Waals surface area (Å²) >= 11 is 1.50. The smallest absolute Gasteiger partial charge is 0.279 e. The maximum Gasteiger partial charge on any atom is 0.279 e. The number of nitrogens with zero attached hydrogens (tertiary/aromatic N) is 4. The number of carbonyl (C=O) groups excluding carboxylic acids is 1. The van der Waals surface area contributed by atoms with E-state index in [1.807, 2.05) is 72.1 Å². The van der Waals surface area contributed by atoms with Crippen LogP contribution in [0.5, 0.6) is 5.75 Å². The number of carbonyl (C=O) groups is 1. The van der Waals surface area contributed by atoms with Crippen LogP contribution in [0.25, 0.3) is 11.3 Å². The number of benzene rings is 3. The summed E-state index contributed by atoms with van der Waals surface area (Å²) in [5.74, 6) is 0.599. The zero-order valence-electron chi connectivity index (χ0n) is 19.0. The van der Waals surface area contributed by atoms with Gasteiger partial charge >= 0.3 is 0 Å². The highest BCUT2D eigenvalue weighted by Crippen LogP contribution is 2.31. The molecule has 0 saturated heterocycles. The number of methoxy groups -OCH3 is 1. The van der Waals surface area contributed by atoms with Gasteiger partial charge in [-0.1, -0.05) is 60.7 Å². The number of anilines is 1. The fraction of sp³-hybridized carbons (Fsp3) is 0.148. The molecule has 0 fully saturated rings. The molecule has 7 heteroatoms. The second-order valence-electron chi connectivity index (χ2n) is 7.86. The van der Waals surface area contributed by atoms with Gasteiger partial charge in [0, 0.05) is 30.1 Å². The van der Waals surface area contributed by atoms with E-state index in [0.29, 0.717) is 12.3 Å². The molecule has 5 rings (SSSR count). The highest BCUT2D eigenvalue weighted by Gasteiger charge is 2.31. The predicted octanol–water partition coefficient (Wildman–Crippen LogP) is 4.60. The molecule has 6 nitrogen and oxygen atoms in total. The van der Waals surface area contributed by atoms with Gasteiger partial charge in [-0.2, -0.15) is 5.10 Å². The van der Waals surface area contributed by atoms with Crippen molar-refractivity contribution in [3.8, 4) is 17.0 Å². The average molecular weight is 469 g/mol. The van der Waals surface area contributed by atoms with Gasteiger partial charge in [0.05, 0.1) is 18.5 Å². The van der Waals surface area contributed by atoms with Gasteiger partial charge in [0.25, 0.3) is 5.91 Å². The molecule has 0 spiro atoms. The van der Waals surface area contributed by atoms with E-state index < -0.39 is 0 Å². The topological polar surface area (TPSA) is 59.2 Å². The van der Waals surface area contributed by atoms with Crippen molar-refractivity contribution in [2.24, 2.45) is 10.1 Å². The highest BCUT2D eigenvalue weighted by atomic mass is 32.1. The van der Waals surface area contributed by atoms with E-state index in [1.54, 1.807) is 23.7 Å². The molecule has 0 saturated carbocycles. The number of hydrogen-bond acceptors (Lipinski definition) is 5. The fourth-order valence-corrected chi connectivity index (χ4v) is 4.87. The van der Waals surface area contributed by atoms with E-state index in [9.17, 15) is 4.79 Å². The van der Waals surface area contributed by atoms with E-state index in [-0.39, 0.29) is 5.91 Å². The fourth-order valence-electron chi connectivity index (χ4n) is 4.02. The molecule has 170 valence electrons. The number of fused-ring (bicyclic) bond motifs is 1. The lowest BCUT2D eigenvalue weighted by Gasteiger charge is -2.09. The molecule has 0 unspecified atom stereocenters. The number of aromatic nitrogens is 1. The van der Waals surface area contributed by atoms with Crippen molar-refractivity contribution in [3.63, 3.8) is 0 Å². The quantitative estimate of drug-likeness (QED) is 0.415. The van der Waals surface area contributed by atoms with Crippen LogP contribution < -0.4 is 14.4 Å². The van der Waals surface area contributed by atoms with Crippen LogP contribution in [0.4, 0.5) is 5.69 Å². The van der Waals surface area contributed by atoms with E-state index >= 15 is 0 Å². The summed E-state index contributed by atoms with van der Waals surface area (Å²) in [4.78, 5) is 20.3. The largest absolute Gasteiger partial charge is 0.496 e. The van der Waals surface area contributed by atoms with Gasteiger partial charge in [-0.3, -0.25) is 9.79 Å². The summed E-state index contributed by atoms with van der Waals surface area (Å²) in [6.45, 7) is 0.616. The molecule has 0 radical (unpaired) electrons. The third kappa shape index (κ3) is 4.06. The molecule has 0 atom stereocenters. The third-order valence-electron chi connectivity index (χ3n) is 5.79. The Morgan fingerprint density at radius 2 is 1.62 bits per heavy atom. The van der Waals surface area contributed by atoms with Crippen molar-refractivity contribution >= 4 is 28.6 Å². The molecule has 34 heavy (non-hydrogen) atoms. The molecule has 0 bridgehead atoms. The van der Waals surface area contributed by atoms with E-state index in [4.69, 9.17) is 14.8 Å². The first-order chi connectivity index (χ1) is 16.7. The number of amides is 1. The second-order valence-corrected chi connectivity index (χ2v) is 8.70. The summed E-state index contributed by atoms with van der Waals surface area (Å²) in [5, 5.41) is 6.88. The minimum absolute atomic E-state index is 0.138. The lowest BCUT2D eigenvalue weighted by atomic mass is 10.1.